The predicted octanol–water partition coefficient (Wildman–Crippen LogP) is 0.859. The molecular formula is C11H15N3O2S. The van der Waals surface area contributed by atoms with Gasteiger partial charge >= 0.3 is 0 Å². The molecule has 1 N–H and O–H groups in total. The number of hydrogen-bond donors (Lipinski definition) is 1. The zero-order valence-corrected chi connectivity index (χ0v) is 10.9. The number of carbonyl (C=O) groups is 2. The number of aryl methyl sites for hydroxylation is 1. The minimum Gasteiger partial charge on any atom is -0.297 e. The van der Waals surface area contributed by atoms with Gasteiger partial charge in [0.15, 0.2) is 0 Å². The lowest BCUT2D eigenvalue weighted by atomic mass is 10.2. The molecule has 1 aliphatic rings. The minimum atomic E-state index is -0.412. The van der Waals surface area contributed by atoms with E-state index in [2.05, 4.69) is 10.3 Å². The third-order valence-corrected chi connectivity index (χ3v) is 3.70. The summed E-state index contributed by atoms with van der Waals surface area (Å²) in [6.07, 6.45) is 0.239. The van der Waals surface area contributed by atoms with Gasteiger partial charge in [0.1, 0.15) is 0 Å². The van der Waals surface area contributed by atoms with E-state index in [1.165, 1.54) is 11.9 Å². The van der Waals surface area contributed by atoms with Crippen molar-refractivity contribution in [3.8, 4) is 0 Å². The first-order chi connectivity index (χ1) is 7.99. The van der Waals surface area contributed by atoms with Crippen molar-refractivity contribution < 1.29 is 9.59 Å². The summed E-state index contributed by atoms with van der Waals surface area (Å²) in [5, 5.41) is 6.12. The van der Waals surface area contributed by atoms with Crippen molar-refractivity contribution in [1.82, 2.24) is 15.2 Å². The Labute approximate surface area is 104 Å². The highest BCUT2D eigenvalue weighted by Gasteiger charge is 2.36. The standard InChI is InChI=1S/C11H15N3O2S/c1-6(9-5-17-7(2)13-9)12-8-4-10(15)14(3)11(8)16/h5-6,8,12H,4H2,1-3H3. The lowest BCUT2D eigenvalue weighted by Gasteiger charge is -2.16. The Hall–Kier alpha value is -1.27. The zero-order chi connectivity index (χ0) is 12.6. The van der Waals surface area contributed by atoms with Crippen molar-refractivity contribution in [2.45, 2.75) is 32.4 Å². The van der Waals surface area contributed by atoms with Crippen molar-refractivity contribution in [2.75, 3.05) is 7.05 Å². The normalized spacial score (nSPS) is 22.3. The smallest absolute Gasteiger partial charge is 0.246 e. The van der Waals surface area contributed by atoms with Gasteiger partial charge in [-0.15, -0.1) is 11.3 Å². The van der Waals surface area contributed by atoms with E-state index in [4.69, 9.17) is 0 Å². The lowest BCUT2D eigenvalue weighted by Crippen LogP contribution is -2.38. The molecule has 17 heavy (non-hydrogen) atoms. The maximum absolute atomic E-state index is 11.7. The molecule has 2 rings (SSSR count). The highest BCUT2D eigenvalue weighted by molar-refractivity contribution is 7.09. The highest BCUT2D eigenvalue weighted by atomic mass is 32.1. The van der Waals surface area contributed by atoms with Crippen molar-refractivity contribution in [1.29, 1.82) is 0 Å². The van der Waals surface area contributed by atoms with E-state index in [1.807, 2.05) is 19.2 Å². The maximum atomic E-state index is 11.7. The number of imide groups is 1. The number of likely N-dealkylation sites (tertiary alicyclic amines) is 1. The molecule has 1 aromatic rings. The van der Waals surface area contributed by atoms with Crippen LogP contribution in [0.2, 0.25) is 0 Å². The average Bonchev–Trinajstić information content (AvgIpc) is 2.80. The number of nitrogens with one attached hydrogen (secondary N) is 1. The molecule has 0 aromatic carbocycles. The SMILES string of the molecule is Cc1nc(C(C)NC2CC(=O)N(C)C2=O)cs1. The van der Waals surface area contributed by atoms with Crippen LogP contribution in [0.5, 0.6) is 0 Å². The Morgan fingerprint density at radius 1 is 1.59 bits per heavy atom. The molecule has 2 unspecified atom stereocenters. The van der Waals surface area contributed by atoms with Crippen molar-refractivity contribution in [2.24, 2.45) is 0 Å². The van der Waals surface area contributed by atoms with Crippen molar-refractivity contribution in [3.63, 3.8) is 0 Å². The molecule has 2 heterocycles. The maximum Gasteiger partial charge on any atom is 0.246 e. The predicted molar refractivity (Wildman–Crippen MR) is 64.6 cm³/mol. The van der Waals surface area contributed by atoms with Gasteiger partial charge in [-0.25, -0.2) is 4.98 Å². The third-order valence-electron chi connectivity index (χ3n) is 2.91. The number of hydrogen-bond acceptors (Lipinski definition) is 5. The minimum absolute atomic E-state index is 0.0202. The van der Waals surface area contributed by atoms with Gasteiger partial charge in [0.05, 0.1) is 23.2 Å². The van der Waals surface area contributed by atoms with Crippen LogP contribution >= 0.6 is 11.3 Å². The molecule has 0 bridgehead atoms. The fourth-order valence-electron chi connectivity index (χ4n) is 1.85. The molecule has 1 aromatic heterocycles. The molecule has 6 heteroatoms. The monoisotopic (exact) mass is 253 g/mol. The number of likely N-dealkylation sites (N-methyl/N-ethyl adjacent to an activating group) is 1. The van der Waals surface area contributed by atoms with Crippen molar-refractivity contribution >= 4 is 23.2 Å². The molecule has 2 atom stereocenters. The number of amides is 2. The molecule has 1 fully saturated rings. The largest absolute Gasteiger partial charge is 0.297 e. The quantitative estimate of drug-likeness (QED) is 0.812. The molecule has 92 valence electrons. The number of thiazole rings is 1. The topological polar surface area (TPSA) is 62.3 Å². The van der Waals surface area contributed by atoms with Gasteiger partial charge < -0.3 is 0 Å². The van der Waals surface area contributed by atoms with Gasteiger partial charge in [0.25, 0.3) is 0 Å². The number of aromatic nitrogens is 1. The van der Waals surface area contributed by atoms with Gasteiger partial charge in [0.2, 0.25) is 11.8 Å². The van der Waals surface area contributed by atoms with Crippen LogP contribution in [-0.2, 0) is 9.59 Å². The van der Waals surface area contributed by atoms with Gasteiger partial charge in [-0.05, 0) is 13.8 Å². The first kappa shape index (κ1) is 12.2. The summed E-state index contributed by atoms with van der Waals surface area (Å²) in [7, 11) is 1.52. The van der Waals surface area contributed by atoms with E-state index in [-0.39, 0.29) is 24.3 Å². The second kappa shape index (κ2) is 4.54. The molecule has 0 spiro atoms. The summed E-state index contributed by atoms with van der Waals surface area (Å²) in [6.45, 7) is 3.89. The molecule has 1 saturated heterocycles. The second-order valence-electron chi connectivity index (χ2n) is 4.23. The zero-order valence-electron chi connectivity index (χ0n) is 10.1. The van der Waals surface area contributed by atoms with Crippen LogP contribution in [0.25, 0.3) is 0 Å². The third kappa shape index (κ3) is 2.37. The molecule has 5 nitrogen and oxygen atoms in total. The Kier molecular flexibility index (Phi) is 3.26. The van der Waals surface area contributed by atoms with Crippen LogP contribution in [0.3, 0.4) is 0 Å². The van der Waals surface area contributed by atoms with E-state index in [0.717, 1.165) is 10.7 Å². The molecule has 1 aliphatic heterocycles. The summed E-state index contributed by atoms with van der Waals surface area (Å²) < 4.78 is 0. The van der Waals surface area contributed by atoms with Gasteiger partial charge in [-0.1, -0.05) is 0 Å². The highest BCUT2D eigenvalue weighted by Crippen LogP contribution is 2.19. The van der Waals surface area contributed by atoms with E-state index in [9.17, 15) is 9.59 Å². The molecule has 0 aliphatic carbocycles. The van der Waals surface area contributed by atoms with E-state index >= 15 is 0 Å². The Morgan fingerprint density at radius 3 is 2.76 bits per heavy atom. The Bertz CT molecular complexity index is 457. The summed E-state index contributed by atoms with van der Waals surface area (Å²) in [4.78, 5) is 28.6. The van der Waals surface area contributed by atoms with Crippen LogP contribution < -0.4 is 5.32 Å². The Morgan fingerprint density at radius 2 is 2.29 bits per heavy atom. The molecule has 0 radical (unpaired) electrons. The first-order valence-electron chi connectivity index (χ1n) is 5.47. The van der Waals surface area contributed by atoms with Crippen molar-refractivity contribution in [3.05, 3.63) is 16.1 Å². The number of rotatable bonds is 3. The van der Waals surface area contributed by atoms with E-state index in [0.29, 0.717) is 0 Å². The van der Waals surface area contributed by atoms with Gasteiger partial charge in [-0.2, -0.15) is 0 Å². The number of carbonyl (C=O) groups excluding carboxylic acids is 2. The molecule has 2 amide bonds. The van der Waals surface area contributed by atoms with E-state index < -0.39 is 6.04 Å². The fourth-order valence-corrected chi connectivity index (χ4v) is 2.56. The lowest BCUT2D eigenvalue weighted by molar-refractivity contribution is -0.137. The van der Waals surface area contributed by atoms with Crippen LogP contribution in [0, 0.1) is 6.92 Å². The van der Waals surface area contributed by atoms with Gasteiger partial charge in [-0.3, -0.25) is 19.8 Å². The van der Waals surface area contributed by atoms with E-state index in [1.54, 1.807) is 11.3 Å². The summed E-state index contributed by atoms with van der Waals surface area (Å²) in [6, 6.07) is -0.433. The van der Waals surface area contributed by atoms with Crippen LogP contribution in [-0.4, -0.2) is 34.8 Å². The van der Waals surface area contributed by atoms with Crippen LogP contribution in [0.1, 0.15) is 30.1 Å². The summed E-state index contributed by atoms with van der Waals surface area (Å²) >= 11 is 1.58. The first-order valence-corrected chi connectivity index (χ1v) is 6.35. The summed E-state index contributed by atoms with van der Waals surface area (Å²) in [5.41, 5.74) is 0.919. The molecular weight excluding hydrogens is 238 g/mol. The number of nitrogens with zero attached hydrogens (tertiary/aromatic N) is 2. The second-order valence-corrected chi connectivity index (χ2v) is 5.29. The Balaban J connectivity index is 2.02. The van der Waals surface area contributed by atoms with Crippen LogP contribution in [0.4, 0.5) is 0 Å². The average molecular weight is 253 g/mol. The summed E-state index contributed by atoms with van der Waals surface area (Å²) in [5.74, 6) is -0.289. The molecule has 0 saturated carbocycles. The fraction of sp³-hybridized carbons (Fsp3) is 0.545. The van der Waals surface area contributed by atoms with Crippen LogP contribution in [0.15, 0.2) is 5.38 Å². The van der Waals surface area contributed by atoms with Gasteiger partial charge in [0, 0.05) is 18.5 Å².